The lowest BCUT2D eigenvalue weighted by Crippen LogP contribution is -2.13. The van der Waals surface area contributed by atoms with Gasteiger partial charge in [-0.2, -0.15) is 0 Å². The van der Waals surface area contributed by atoms with E-state index < -0.39 is 11.6 Å². The van der Waals surface area contributed by atoms with Crippen LogP contribution in [0.4, 0.5) is 8.78 Å². The Balaban J connectivity index is 1.96. The first-order valence-corrected chi connectivity index (χ1v) is 7.05. The van der Waals surface area contributed by atoms with Crippen LogP contribution in [0, 0.1) is 11.6 Å². The summed E-state index contributed by atoms with van der Waals surface area (Å²) in [5, 5.41) is 3.32. The van der Waals surface area contributed by atoms with Crippen molar-refractivity contribution in [2.24, 2.45) is 0 Å². The fraction of sp³-hybridized carbons (Fsp3) is 0.294. The molecule has 0 unspecified atom stereocenters. The minimum Gasteiger partial charge on any atom is -0.486 e. The smallest absolute Gasteiger partial charge is 0.165 e. The van der Waals surface area contributed by atoms with Gasteiger partial charge >= 0.3 is 0 Å². The van der Waals surface area contributed by atoms with Gasteiger partial charge in [-0.1, -0.05) is 31.2 Å². The molecule has 1 N–H and O–H groups in total. The predicted molar refractivity (Wildman–Crippen MR) is 79.1 cm³/mol. The van der Waals surface area contributed by atoms with E-state index in [1.807, 2.05) is 24.3 Å². The van der Waals surface area contributed by atoms with Gasteiger partial charge in [-0.3, -0.25) is 0 Å². The van der Waals surface area contributed by atoms with Crippen LogP contribution in [0.5, 0.6) is 5.75 Å². The summed E-state index contributed by atoms with van der Waals surface area (Å²) in [5.41, 5.74) is 2.07. The molecule has 0 saturated heterocycles. The molecule has 2 aromatic carbocycles. The first-order valence-electron chi connectivity index (χ1n) is 7.05. The third-order valence-electron chi connectivity index (χ3n) is 3.03. The summed E-state index contributed by atoms with van der Waals surface area (Å²) < 4.78 is 31.9. The van der Waals surface area contributed by atoms with Gasteiger partial charge in [0.2, 0.25) is 0 Å². The lowest BCUT2D eigenvalue weighted by Gasteiger charge is -2.09. The van der Waals surface area contributed by atoms with E-state index in [1.165, 1.54) is 0 Å². The van der Waals surface area contributed by atoms with Crippen molar-refractivity contribution >= 4 is 0 Å². The molecular weight excluding hydrogens is 272 g/mol. The first kappa shape index (κ1) is 15.4. The Morgan fingerprint density at radius 1 is 1.05 bits per heavy atom. The maximum absolute atomic E-state index is 13.5. The molecule has 0 aliphatic heterocycles. The number of benzene rings is 2. The Morgan fingerprint density at radius 3 is 2.67 bits per heavy atom. The van der Waals surface area contributed by atoms with Crippen LogP contribution < -0.4 is 10.1 Å². The molecule has 0 aliphatic rings. The standard InChI is InChI=1S/C17H19F2NO/c1-2-8-20-11-13-4-3-5-14(9-13)12-21-17-10-15(18)6-7-16(17)19/h3-7,9-10,20H,2,8,11-12H2,1H3. The van der Waals surface area contributed by atoms with Gasteiger partial charge in [0, 0.05) is 12.6 Å². The number of hydrogen-bond donors (Lipinski definition) is 1. The third kappa shape index (κ3) is 4.83. The largest absolute Gasteiger partial charge is 0.486 e. The predicted octanol–water partition coefficient (Wildman–Crippen LogP) is 4.04. The fourth-order valence-electron chi connectivity index (χ4n) is 1.99. The van der Waals surface area contributed by atoms with Crippen LogP contribution in [-0.4, -0.2) is 6.54 Å². The van der Waals surface area contributed by atoms with E-state index in [1.54, 1.807) is 0 Å². The second-order valence-corrected chi connectivity index (χ2v) is 4.86. The summed E-state index contributed by atoms with van der Waals surface area (Å²) in [7, 11) is 0. The van der Waals surface area contributed by atoms with Gasteiger partial charge in [0.1, 0.15) is 12.4 Å². The van der Waals surface area contributed by atoms with Crippen LogP contribution in [0.2, 0.25) is 0 Å². The average Bonchev–Trinajstić information content (AvgIpc) is 2.49. The summed E-state index contributed by atoms with van der Waals surface area (Å²) in [5.74, 6) is -1.13. The summed E-state index contributed by atoms with van der Waals surface area (Å²) in [6.07, 6.45) is 1.08. The molecule has 2 aromatic rings. The van der Waals surface area contributed by atoms with Crippen molar-refractivity contribution in [2.45, 2.75) is 26.5 Å². The highest BCUT2D eigenvalue weighted by molar-refractivity contribution is 5.27. The summed E-state index contributed by atoms with van der Waals surface area (Å²) >= 11 is 0. The molecule has 2 nitrogen and oxygen atoms in total. The molecule has 0 atom stereocenters. The van der Waals surface area contributed by atoms with E-state index in [4.69, 9.17) is 4.74 Å². The number of rotatable bonds is 7. The Bertz CT molecular complexity index is 587. The van der Waals surface area contributed by atoms with E-state index >= 15 is 0 Å². The molecular formula is C17H19F2NO. The van der Waals surface area contributed by atoms with Crippen molar-refractivity contribution in [2.75, 3.05) is 6.54 Å². The zero-order valence-electron chi connectivity index (χ0n) is 12.0. The van der Waals surface area contributed by atoms with Gasteiger partial charge in [0.15, 0.2) is 11.6 Å². The SMILES string of the molecule is CCCNCc1cccc(COc2cc(F)ccc2F)c1. The van der Waals surface area contributed by atoms with E-state index in [2.05, 4.69) is 12.2 Å². The molecule has 0 aromatic heterocycles. The molecule has 21 heavy (non-hydrogen) atoms. The van der Waals surface area contributed by atoms with E-state index in [-0.39, 0.29) is 12.4 Å². The van der Waals surface area contributed by atoms with Crippen LogP contribution in [0.1, 0.15) is 24.5 Å². The number of ether oxygens (including phenoxy) is 1. The van der Waals surface area contributed by atoms with Gasteiger partial charge in [0.25, 0.3) is 0 Å². The fourth-order valence-corrected chi connectivity index (χ4v) is 1.99. The Kier molecular flexibility index (Phi) is 5.69. The third-order valence-corrected chi connectivity index (χ3v) is 3.03. The highest BCUT2D eigenvalue weighted by Gasteiger charge is 2.05. The van der Waals surface area contributed by atoms with Gasteiger partial charge < -0.3 is 10.1 Å². The quantitative estimate of drug-likeness (QED) is 0.777. The molecule has 0 aliphatic carbocycles. The number of halogens is 2. The van der Waals surface area contributed by atoms with Crippen LogP contribution in [-0.2, 0) is 13.2 Å². The molecule has 2 rings (SSSR count). The van der Waals surface area contributed by atoms with Gasteiger partial charge in [0.05, 0.1) is 0 Å². The lowest BCUT2D eigenvalue weighted by atomic mass is 10.1. The molecule has 0 bridgehead atoms. The van der Waals surface area contributed by atoms with Crippen molar-refractivity contribution in [1.82, 2.24) is 5.32 Å². The zero-order valence-corrected chi connectivity index (χ0v) is 12.0. The number of hydrogen-bond acceptors (Lipinski definition) is 2. The second kappa shape index (κ2) is 7.74. The highest BCUT2D eigenvalue weighted by Crippen LogP contribution is 2.19. The Hall–Kier alpha value is -1.94. The van der Waals surface area contributed by atoms with Crippen molar-refractivity contribution < 1.29 is 13.5 Å². The van der Waals surface area contributed by atoms with Gasteiger partial charge in [-0.25, -0.2) is 8.78 Å². The second-order valence-electron chi connectivity index (χ2n) is 4.86. The van der Waals surface area contributed by atoms with Crippen molar-refractivity contribution in [3.05, 3.63) is 65.2 Å². The van der Waals surface area contributed by atoms with Crippen molar-refractivity contribution in [3.8, 4) is 5.75 Å². The number of nitrogens with one attached hydrogen (secondary N) is 1. The molecule has 112 valence electrons. The minimum absolute atomic E-state index is 0.0653. The van der Waals surface area contributed by atoms with Crippen molar-refractivity contribution in [3.63, 3.8) is 0 Å². The molecule has 0 fully saturated rings. The maximum atomic E-state index is 13.5. The van der Waals surface area contributed by atoms with Gasteiger partial charge in [-0.15, -0.1) is 0 Å². The van der Waals surface area contributed by atoms with Crippen LogP contribution in [0.25, 0.3) is 0 Å². The Morgan fingerprint density at radius 2 is 1.86 bits per heavy atom. The zero-order chi connectivity index (χ0) is 15.1. The van der Waals surface area contributed by atoms with Crippen LogP contribution in [0.15, 0.2) is 42.5 Å². The lowest BCUT2D eigenvalue weighted by molar-refractivity contribution is 0.288. The molecule has 0 heterocycles. The first-order chi connectivity index (χ1) is 10.2. The summed E-state index contributed by atoms with van der Waals surface area (Å²) in [6.45, 7) is 4.08. The van der Waals surface area contributed by atoms with E-state index in [0.29, 0.717) is 0 Å². The molecule has 0 radical (unpaired) electrons. The highest BCUT2D eigenvalue weighted by atomic mass is 19.1. The normalized spacial score (nSPS) is 10.6. The molecule has 4 heteroatoms. The summed E-state index contributed by atoms with van der Waals surface area (Å²) in [6, 6.07) is 11.1. The maximum Gasteiger partial charge on any atom is 0.165 e. The van der Waals surface area contributed by atoms with Crippen molar-refractivity contribution in [1.29, 1.82) is 0 Å². The average molecular weight is 291 g/mol. The van der Waals surface area contributed by atoms with Gasteiger partial charge in [-0.05, 0) is 36.2 Å². The summed E-state index contributed by atoms with van der Waals surface area (Å²) in [4.78, 5) is 0. The monoisotopic (exact) mass is 291 g/mol. The Labute approximate surface area is 123 Å². The van der Waals surface area contributed by atoms with Crippen LogP contribution >= 0.6 is 0 Å². The molecule has 0 spiro atoms. The van der Waals surface area contributed by atoms with E-state index in [9.17, 15) is 8.78 Å². The molecule has 0 amide bonds. The topological polar surface area (TPSA) is 21.3 Å². The van der Waals surface area contributed by atoms with E-state index in [0.717, 1.165) is 48.8 Å². The molecule has 0 saturated carbocycles. The minimum atomic E-state index is -0.558. The van der Waals surface area contributed by atoms with Crippen LogP contribution in [0.3, 0.4) is 0 Å².